The largest absolute Gasteiger partial charge is 0.493 e. The summed E-state index contributed by atoms with van der Waals surface area (Å²) in [4.78, 5) is 42.2. The number of nitrogens with one attached hydrogen (secondary N) is 1. The average molecular weight is 619 g/mol. The summed E-state index contributed by atoms with van der Waals surface area (Å²) in [5, 5.41) is 9.56. The second-order valence-corrected chi connectivity index (χ2v) is 13.2. The van der Waals surface area contributed by atoms with E-state index in [1.165, 1.54) is 0 Å². The minimum atomic E-state index is -0.770. The molecule has 2 aromatic rings. The molecule has 45 heavy (non-hydrogen) atoms. The van der Waals surface area contributed by atoms with E-state index in [-0.39, 0.29) is 29.7 Å². The Hall–Kier alpha value is -4.08. The van der Waals surface area contributed by atoms with Crippen LogP contribution in [0.25, 0.3) is 0 Å². The van der Waals surface area contributed by atoms with Gasteiger partial charge < -0.3 is 24.4 Å². The van der Waals surface area contributed by atoms with Gasteiger partial charge in [-0.15, -0.1) is 0 Å². The van der Waals surface area contributed by atoms with Crippen molar-refractivity contribution < 1.29 is 28.6 Å². The molecule has 3 atom stereocenters. The topological polar surface area (TPSA) is 110 Å². The molecule has 2 aliphatic heterocycles. The predicted molar refractivity (Wildman–Crippen MR) is 171 cm³/mol. The van der Waals surface area contributed by atoms with Gasteiger partial charge in [0.05, 0.1) is 26.0 Å². The highest BCUT2D eigenvalue weighted by atomic mass is 16.6. The average Bonchev–Trinajstić information content (AvgIpc) is 3.04. The molecule has 0 radical (unpaired) electrons. The van der Waals surface area contributed by atoms with Crippen molar-refractivity contribution in [2.24, 2.45) is 16.9 Å². The van der Waals surface area contributed by atoms with Crippen molar-refractivity contribution in [1.29, 1.82) is 0 Å². The molecule has 5 rings (SSSR count). The van der Waals surface area contributed by atoms with Gasteiger partial charge in [-0.1, -0.05) is 43.2 Å². The fourth-order valence-corrected chi connectivity index (χ4v) is 6.74. The first-order chi connectivity index (χ1) is 21.6. The van der Waals surface area contributed by atoms with Crippen LogP contribution in [0, 0.1) is 11.8 Å². The molecular formula is C35H46N4O6. The molecular weight excluding hydrogens is 572 g/mol. The van der Waals surface area contributed by atoms with Gasteiger partial charge in [0.15, 0.2) is 11.5 Å². The fraction of sp³-hybridized carbons (Fsp3) is 0.543. The van der Waals surface area contributed by atoms with E-state index in [2.05, 4.69) is 5.32 Å². The molecule has 1 saturated heterocycles. The van der Waals surface area contributed by atoms with Crippen LogP contribution in [-0.4, -0.2) is 78.5 Å². The van der Waals surface area contributed by atoms with Gasteiger partial charge in [0.25, 0.3) is 0 Å². The van der Waals surface area contributed by atoms with E-state index >= 15 is 0 Å². The van der Waals surface area contributed by atoms with E-state index in [0.717, 1.165) is 42.5 Å². The Kier molecular flexibility index (Phi) is 9.99. The van der Waals surface area contributed by atoms with Crippen molar-refractivity contribution in [2.45, 2.75) is 83.4 Å². The Morgan fingerprint density at radius 1 is 0.933 bits per heavy atom. The van der Waals surface area contributed by atoms with E-state index in [1.54, 1.807) is 44.9 Å². The molecule has 0 bridgehead atoms. The van der Waals surface area contributed by atoms with Crippen LogP contribution >= 0.6 is 0 Å². The zero-order valence-corrected chi connectivity index (χ0v) is 27.1. The standard InChI is InChI=1S/C35H46N4O6/c1-35(2,3)45-34(42)36-28(21-23-11-7-6-8-12-23)33(41)38-19-17-25(18-20-38)39-32(40)27-14-10-9-13-26(27)31(37-39)24-15-16-29(43-4)30(22-24)44-5/h6-8,11-12,15-16,22,25-28H,9-10,13-14,17-21H2,1-5H3,(H,36,42)/t26-,27-,28+/m0/s1. The molecule has 1 saturated carbocycles. The molecule has 1 aliphatic carbocycles. The lowest BCUT2D eigenvalue weighted by molar-refractivity contribution is -0.143. The zero-order valence-electron chi connectivity index (χ0n) is 27.1. The SMILES string of the molecule is COc1ccc(C2=NN(C3CCN(C(=O)[C@@H](Cc4ccccc4)NC(=O)OC(C)(C)C)CC3)C(=O)[C@H]3CCCC[C@H]23)cc1OC. The summed E-state index contributed by atoms with van der Waals surface area (Å²) in [5.74, 6) is 1.17. The normalized spacial score (nSPS) is 21.4. The van der Waals surface area contributed by atoms with Crippen LogP contribution in [-0.2, 0) is 20.7 Å². The maximum Gasteiger partial charge on any atom is 0.408 e. The number of hydrogen-bond donors (Lipinski definition) is 1. The molecule has 0 spiro atoms. The highest BCUT2D eigenvalue weighted by Gasteiger charge is 2.44. The highest BCUT2D eigenvalue weighted by Crippen LogP contribution is 2.40. The molecule has 2 aromatic carbocycles. The van der Waals surface area contributed by atoms with Crippen LogP contribution in [0.15, 0.2) is 53.6 Å². The monoisotopic (exact) mass is 618 g/mol. The number of likely N-dealkylation sites (tertiary alicyclic amines) is 1. The van der Waals surface area contributed by atoms with E-state index in [1.807, 2.05) is 48.5 Å². The molecule has 1 N–H and O–H groups in total. The molecule has 2 fully saturated rings. The number of ether oxygens (including phenoxy) is 3. The Balaban J connectivity index is 1.33. The van der Waals surface area contributed by atoms with Gasteiger partial charge in [0.1, 0.15) is 11.6 Å². The summed E-state index contributed by atoms with van der Waals surface area (Å²) in [6.45, 7) is 6.30. The smallest absolute Gasteiger partial charge is 0.408 e. The fourth-order valence-electron chi connectivity index (χ4n) is 6.74. The number of carbonyl (C=O) groups is 3. The third kappa shape index (κ3) is 7.60. The third-order valence-corrected chi connectivity index (χ3v) is 8.95. The first-order valence-corrected chi connectivity index (χ1v) is 16.0. The summed E-state index contributed by atoms with van der Waals surface area (Å²) in [6.07, 6.45) is 4.81. The minimum Gasteiger partial charge on any atom is -0.493 e. The van der Waals surface area contributed by atoms with Crippen LogP contribution in [0.1, 0.15) is 70.4 Å². The summed E-state index contributed by atoms with van der Waals surface area (Å²) in [7, 11) is 3.23. The number of hydrogen-bond acceptors (Lipinski definition) is 7. The van der Waals surface area contributed by atoms with Crippen LogP contribution in [0.5, 0.6) is 11.5 Å². The maximum atomic E-state index is 13.9. The van der Waals surface area contributed by atoms with Gasteiger partial charge in [-0.3, -0.25) is 9.59 Å². The van der Waals surface area contributed by atoms with E-state index in [4.69, 9.17) is 19.3 Å². The van der Waals surface area contributed by atoms with Gasteiger partial charge in [0, 0.05) is 36.9 Å². The van der Waals surface area contributed by atoms with Crippen molar-refractivity contribution in [3.05, 3.63) is 59.7 Å². The van der Waals surface area contributed by atoms with Crippen LogP contribution in [0.4, 0.5) is 4.79 Å². The number of nitrogens with zero attached hydrogens (tertiary/aromatic N) is 3. The number of carbonyl (C=O) groups excluding carboxylic acids is 3. The summed E-state index contributed by atoms with van der Waals surface area (Å²) >= 11 is 0. The highest BCUT2D eigenvalue weighted by molar-refractivity contribution is 6.07. The van der Waals surface area contributed by atoms with Crippen molar-refractivity contribution in [3.8, 4) is 11.5 Å². The molecule has 10 heteroatoms. The van der Waals surface area contributed by atoms with Crippen LogP contribution < -0.4 is 14.8 Å². The van der Waals surface area contributed by atoms with Crippen LogP contribution in [0.3, 0.4) is 0 Å². The van der Waals surface area contributed by atoms with Crippen molar-refractivity contribution in [1.82, 2.24) is 15.2 Å². The Bertz CT molecular complexity index is 1400. The van der Waals surface area contributed by atoms with Crippen LogP contribution in [0.2, 0.25) is 0 Å². The van der Waals surface area contributed by atoms with E-state index in [9.17, 15) is 14.4 Å². The number of piperidine rings is 1. The minimum absolute atomic E-state index is 0.0694. The number of methoxy groups -OCH3 is 2. The third-order valence-electron chi connectivity index (χ3n) is 8.95. The summed E-state index contributed by atoms with van der Waals surface area (Å²) in [5.41, 5.74) is 2.12. The molecule has 0 unspecified atom stereocenters. The molecule has 242 valence electrons. The predicted octanol–water partition coefficient (Wildman–Crippen LogP) is 5.18. The lowest BCUT2D eigenvalue weighted by Crippen LogP contribution is -2.56. The molecule has 10 nitrogen and oxygen atoms in total. The second-order valence-electron chi connectivity index (χ2n) is 13.2. The lowest BCUT2D eigenvalue weighted by Gasteiger charge is -2.43. The van der Waals surface area contributed by atoms with Crippen molar-refractivity contribution in [3.63, 3.8) is 0 Å². The van der Waals surface area contributed by atoms with Gasteiger partial charge in [0.2, 0.25) is 11.8 Å². The van der Waals surface area contributed by atoms with Gasteiger partial charge in [-0.2, -0.15) is 5.10 Å². The quantitative estimate of drug-likeness (QED) is 0.437. The number of fused-ring (bicyclic) bond motifs is 1. The lowest BCUT2D eigenvalue weighted by atomic mass is 9.73. The molecule has 3 amide bonds. The van der Waals surface area contributed by atoms with E-state index in [0.29, 0.717) is 43.9 Å². The Morgan fingerprint density at radius 3 is 2.24 bits per heavy atom. The Morgan fingerprint density at radius 2 is 1.60 bits per heavy atom. The second kappa shape index (κ2) is 13.9. The first-order valence-electron chi connectivity index (χ1n) is 16.0. The number of benzene rings is 2. The number of rotatable bonds is 8. The zero-order chi connectivity index (χ0) is 32.1. The van der Waals surface area contributed by atoms with Gasteiger partial charge in [-0.05, 0) is 70.2 Å². The number of alkyl carbamates (subject to hydrolysis) is 1. The molecule has 3 aliphatic rings. The maximum absolute atomic E-state index is 13.9. The summed E-state index contributed by atoms with van der Waals surface area (Å²) in [6, 6.07) is 14.6. The number of hydrazone groups is 1. The van der Waals surface area contributed by atoms with Crippen molar-refractivity contribution >= 4 is 23.6 Å². The van der Waals surface area contributed by atoms with Gasteiger partial charge >= 0.3 is 6.09 Å². The first kappa shape index (κ1) is 32.3. The summed E-state index contributed by atoms with van der Waals surface area (Å²) < 4.78 is 16.5. The Labute approximate surface area is 266 Å². The number of amides is 3. The molecule has 2 heterocycles. The van der Waals surface area contributed by atoms with Crippen molar-refractivity contribution in [2.75, 3.05) is 27.3 Å². The van der Waals surface area contributed by atoms with E-state index < -0.39 is 17.7 Å². The molecule has 0 aromatic heterocycles. The van der Waals surface area contributed by atoms with Gasteiger partial charge in [-0.25, -0.2) is 9.80 Å².